The predicted molar refractivity (Wildman–Crippen MR) is 106 cm³/mol. The summed E-state index contributed by atoms with van der Waals surface area (Å²) < 4.78 is 7.18. The van der Waals surface area contributed by atoms with Crippen LogP contribution in [0.3, 0.4) is 0 Å². The molecule has 27 heavy (non-hydrogen) atoms. The van der Waals surface area contributed by atoms with E-state index in [9.17, 15) is 0 Å². The largest absolute Gasteiger partial charge is 0.347 e. The third-order valence-corrected chi connectivity index (χ3v) is 4.03. The Hall–Kier alpha value is -3.35. The van der Waals surface area contributed by atoms with E-state index in [1.165, 1.54) is 5.56 Å². The molecule has 0 amide bonds. The molecule has 0 aliphatic rings. The van der Waals surface area contributed by atoms with Crippen LogP contribution in [0.2, 0.25) is 0 Å². The van der Waals surface area contributed by atoms with Crippen molar-refractivity contribution in [1.82, 2.24) is 15.6 Å². The number of aromatic nitrogens is 2. The van der Waals surface area contributed by atoms with Gasteiger partial charge in [0.05, 0.1) is 5.69 Å². The van der Waals surface area contributed by atoms with Crippen LogP contribution in [0.15, 0.2) is 76.4 Å². The summed E-state index contributed by atoms with van der Waals surface area (Å²) in [5.74, 6) is 1.04. The van der Waals surface area contributed by atoms with Crippen molar-refractivity contribution in [2.75, 3.05) is 19.5 Å². The molecule has 7 nitrogen and oxygen atoms in total. The fourth-order valence-corrected chi connectivity index (χ4v) is 2.55. The molecular weight excluding hydrogens is 340 g/mol. The third-order valence-electron chi connectivity index (χ3n) is 4.03. The number of guanidine groups is 1. The van der Waals surface area contributed by atoms with Crippen molar-refractivity contribution in [3.05, 3.63) is 72.4 Å². The molecule has 1 atom stereocenters. The van der Waals surface area contributed by atoms with E-state index in [0.29, 0.717) is 11.8 Å². The zero-order valence-electron chi connectivity index (χ0n) is 15.8. The second kappa shape index (κ2) is 8.84. The van der Waals surface area contributed by atoms with Crippen LogP contribution in [-0.4, -0.2) is 30.2 Å². The highest BCUT2D eigenvalue weighted by Crippen LogP contribution is 2.12. The number of hydrogen-bond donors (Lipinski definition) is 2. The second-order valence-corrected chi connectivity index (χ2v) is 6.50. The van der Waals surface area contributed by atoms with Crippen molar-refractivity contribution < 1.29 is 9.20 Å². The number of benzene rings is 2. The van der Waals surface area contributed by atoms with E-state index in [-0.39, 0.29) is 6.04 Å². The van der Waals surface area contributed by atoms with E-state index in [1.54, 1.807) is 10.9 Å². The van der Waals surface area contributed by atoms with Gasteiger partial charge in [-0.05, 0) is 22.4 Å². The van der Waals surface area contributed by atoms with Gasteiger partial charge < -0.3 is 4.90 Å². The minimum Gasteiger partial charge on any atom is -0.347 e. The lowest BCUT2D eigenvalue weighted by Crippen LogP contribution is -2.40. The lowest BCUT2D eigenvalue weighted by molar-refractivity contribution is -0.782. The Labute approximate surface area is 159 Å². The number of nitrogens with zero attached hydrogens (tertiary/aromatic N) is 4. The SMILES string of the molecule is C[C@H](Cc1ccccc1)[n+]1cc(N=C(NNc2ccccc2)N(C)C)on1. The van der Waals surface area contributed by atoms with Gasteiger partial charge in [0.1, 0.15) is 0 Å². The van der Waals surface area contributed by atoms with Crippen LogP contribution in [0, 0.1) is 0 Å². The average molecular weight is 365 g/mol. The van der Waals surface area contributed by atoms with Gasteiger partial charge in [0.25, 0.3) is 6.20 Å². The van der Waals surface area contributed by atoms with Gasteiger partial charge in [0.2, 0.25) is 11.2 Å². The van der Waals surface area contributed by atoms with E-state index in [1.807, 2.05) is 67.5 Å². The average Bonchev–Trinajstić information content (AvgIpc) is 3.15. The molecule has 1 aromatic heterocycles. The summed E-state index contributed by atoms with van der Waals surface area (Å²) >= 11 is 0. The Kier molecular flexibility index (Phi) is 6.04. The van der Waals surface area contributed by atoms with Crippen molar-refractivity contribution >= 4 is 17.5 Å². The highest BCUT2D eigenvalue weighted by molar-refractivity contribution is 5.82. The summed E-state index contributed by atoms with van der Waals surface area (Å²) in [7, 11) is 3.81. The van der Waals surface area contributed by atoms with E-state index in [0.717, 1.165) is 12.1 Å². The third kappa shape index (κ3) is 5.31. The number of anilines is 1. The van der Waals surface area contributed by atoms with Crippen molar-refractivity contribution in [2.24, 2.45) is 4.99 Å². The number of para-hydroxylation sites is 1. The van der Waals surface area contributed by atoms with Crippen LogP contribution in [0.5, 0.6) is 0 Å². The summed E-state index contributed by atoms with van der Waals surface area (Å²) in [6.07, 6.45) is 2.68. The van der Waals surface area contributed by atoms with Crippen molar-refractivity contribution in [1.29, 1.82) is 0 Å². The standard InChI is InChI=1S/C20H24N6O/c1-16(14-17-10-6-4-7-11-17)26-15-19(27-24-26)21-20(25(2)3)23-22-18-12-8-5-9-13-18/h4-13,15-16,24H,14H2,1-3H3/p+1/t16-/m1/s1. The highest BCUT2D eigenvalue weighted by Gasteiger charge is 2.20. The van der Waals surface area contributed by atoms with E-state index < -0.39 is 0 Å². The van der Waals surface area contributed by atoms with E-state index >= 15 is 0 Å². The summed E-state index contributed by atoms with van der Waals surface area (Å²) in [4.78, 5) is 6.36. The zero-order valence-corrected chi connectivity index (χ0v) is 15.8. The smallest absolute Gasteiger partial charge is 0.324 e. The molecule has 2 aromatic carbocycles. The summed E-state index contributed by atoms with van der Waals surface area (Å²) in [6, 6.07) is 20.3. The van der Waals surface area contributed by atoms with Crippen LogP contribution in [0.4, 0.5) is 11.6 Å². The molecule has 1 heterocycles. The summed E-state index contributed by atoms with van der Waals surface area (Å²) in [5.41, 5.74) is 8.41. The Balaban J connectivity index is 1.67. The van der Waals surface area contributed by atoms with E-state index in [4.69, 9.17) is 4.52 Å². The van der Waals surface area contributed by atoms with Gasteiger partial charge in [-0.1, -0.05) is 48.5 Å². The first-order valence-corrected chi connectivity index (χ1v) is 8.87. The molecule has 7 heteroatoms. The highest BCUT2D eigenvalue weighted by atomic mass is 16.5. The molecule has 0 radical (unpaired) electrons. The van der Waals surface area contributed by atoms with Crippen LogP contribution in [-0.2, 0) is 6.42 Å². The van der Waals surface area contributed by atoms with Gasteiger partial charge >= 0.3 is 5.88 Å². The molecule has 140 valence electrons. The number of aliphatic imine (C=N–C) groups is 1. The topological polar surface area (TPSA) is 69.6 Å². The molecule has 0 fully saturated rings. The maximum Gasteiger partial charge on any atom is 0.324 e. The Morgan fingerprint density at radius 1 is 1.11 bits per heavy atom. The van der Waals surface area contributed by atoms with Gasteiger partial charge in [0, 0.05) is 27.4 Å². The molecule has 3 rings (SSSR count). The van der Waals surface area contributed by atoms with Gasteiger partial charge in [-0.3, -0.25) is 15.4 Å². The lowest BCUT2D eigenvalue weighted by atomic mass is 10.1. The number of rotatable bonds is 6. The molecular formula is C20H25N6O+. The molecule has 0 aliphatic carbocycles. The molecule has 0 unspecified atom stereocenters. The number of nitrogens with one attached hydrogen (secondary N) is 2. The quantitative estimate of drug-likeness (QED) is 0.304. The zero-order chi connectivity index (χ0) is 19.1. The molecule has 2 N–H and O–H groups in total. The first-order chi connectivity index (χ1) is 13.1. The normalized spacial score (nSPS) is 12.5. The van der Waals surface area contributed by atoms with Gasteiger partial charge in [-0.25, -0.2) is 0 Å². The second-order valence-electron chi connectivity index (χ2n) is 6.50. The first kappa shape index (κ1) is 18.4. The van der Waals surface area contributed by atoms with Crippen molar-refractivity contribution in [3.63, 3.8) is 0 Å². The molecule has 0 spiro atoms. The first-order valence-electron chi connectivity index (χ1n) is 8.87. The summed E-state index contributed by atoms with van der Waals surface area (Å²) in [6.45, 7) is 2.10. The fourth-order valence-electron chi connectivity index (χ4n) is 2.55. The van der Waals surface area contributed by atoms with Crippen molar-refractivity contribution in [2.45, 2.75) is 19.4 Å². The molecule has 0 aliphatic heterocycles. The van der Waals surface area contributed by atoms with Gasteiger partial charge in [-0.2, -0.15) is 4.99 Å². The number of hydrogen-bond acceptors (Lipinski definition) is 4. The maximum absolute atomic E-state index is 5.39. The predicted octanol–water partition coefficient (Wildman–Crippen LogP) is 2.93. The lowest BCUT2D eigenvalue weighted by Gasteiger charge is -2.17. The minimum atomic E-state index is 0.165. The molecule has 0 saturated carbocycles. The minimum absolute atomic E-state index is 0.165. The van der Waals surface area contributed by atoms with Crippen LogP contribution < -0.4 is 15.5 Å². The fraction of sp³-hybridized carbons (Fsp3) is 0.250. The van der Waals surface area contributed by atoms with Crippen LogP contribution >= 0.6 is 0 Å². The van der Waals surface area contributed by atoms with Crippen LogP contribution in [0.1, 0.15) is 18.5 Å². The van der Waals surface area contributed by atoms with Gasteiger partial charge in [0.15, 0.2) is 6.04 Å². The van der Waals surface area contributed by atoms with Gasteiger partial charge in [-0.15, -0.1) is 0 Å². The van der Waals surface area contributed by atoms with Crippen LogP contribution in [0.25, 0.3) is 0 Å². The molecule has 0 saturated heterocycles. The monoisotopic (exact) mass is 365 g/mol. The Morgan fingerprint density at radius 3 is 2.44 bits per heavy atom. The van der Waals surface area contributed by atoms with Crippen molar-refractivity contribution in [3.8, 4) is 0 Å². The maximum atomic E-state index is 5.39. The summed E-state index contributed by atoms with van der Waals surface area (Å²) in [5, 5.41) is 4.11. The Morgan fingerprint density at radius 2 is 1.78 bits per heavy atom. The molecule has 0 bridgehead atoms. The Bertz CT molecular complexity index is 860. The molecule has 3 aromatic rings. The van der Waals surface area contributed by atoms with E-state index in [2.05, 4.69) is 40.2 Å². The number of hydrazine groups is 1.